The molecule has 192 valence electrons. The summed E-state index contributed by atoms with van der Waals surface area (Å²) in [7, 11) is 0. The Kier molecular flexibility index (Phi) is 6.11. The number of aromatic hydroxyl groups is 1. The second-order valence-corrected chi connectivity index (χ2v) is 8.80. The van der Waals surface area contributed by atoms with Crippen LogP contribution in [0.2, 0.25) is 0 Å². The highest BCUT2D eigenvalue weighted by atomic mass is 19.1. The zero-order valence-electron chi connectivity index (χ0n) is 19.6. The molecule has 11 heteroatoms. The van der Waals surface area contributed by atoms with Gasteiger partial charge in [-0.3, -0.25) is 19.4 Å². The molecule has 0 radical (unpaired) electrons. The molecule has 5 rings (SSSR count). The van der Waals surface area contributed by atoms with Gasteiger partial charge in [-0.2, -0.15) is 0 Å². The van der Waals surface area contributed by atoms with Gasteiger partial charge in [-0.05, 0) is 61.4 Å². The maximum Gasteiger partial charge on any atom is 0.252 e. The Balaban J connectivity index is 1.32. The predicted molar refractivity (Wildman–Crippen MR) is 134 cm³/mol. The highest BCUT2D eigenvalue weighted by molar-refractivity contribution is 6.17. The number of nitrogens with two attached hydrogens (primary N) is 1. The first-order valence-electron chi connectivity index (χ1n) is 11.4. The maximum absolute atomic E-state index is 14.9. The third kappa shape index (κ3) is 4.69. The molecule has 38 heavy (non-hydrogen) atoms. The SMILES string of the molecule is NC(=O)c1cc2c(Oc3ccc(NC(=O)C4(C(=O)Nc5ccc(F)cc5)CC4)cc3F)ccnc2cc1O. The van der Waals surface area contributed by atoms with Gasteiger partial charge in [-0.15, -0.1) is 0 Å². The third-order valence-corrected chi connectivity index (χ3v) is 6.22. The summed E-state index contributed by atoms with van der Waals surface area (Å²) in [5, 5.41) is 15.5. The van der Waals surface area contributed by atoms with Crippen molar-refractivity contribution in [3.8, 4) is 17.2 Å². The van der Waals surface area contributed by atoms with Gasteiger partial charge in [0.1, 0.15) is 22.7 Å². The van der Waals surface area contributed by atoms with Crippen molar-refractivity contribution in [2.45, 2.75) is 12.8 Å². The molecule has 0 spiro atoms. The van der Waals surface area contributed by atoms with E-state index in [-0.39, 0.29) is 28.5 Å². The van der Waals surface area contributed by atoms with Crippen molar-refractivity contribution in [2.24, 2.45) is 11.1 Å². The second kappa shape index (κ2) is 9.43. The summed E-state index contributed by atoms with van der Waals surface area (Å²) in [5.74, 6) is -3.62. The highest BCUT2D eigenvalue weighted by Crippen LogP contribution is 2.47. The molecule has 1 heterocycles. The first-order chi connectivity index (χ1) is 18.2. The van der Waals surface area contributed by atoms with Gasteiger partial charge in [0.2, 0.25) is 11.8 Å². The quantitative estimate of drug-likeness (QED) is 0.266. The molecule has 0 bridgehead atoms. The van der Waals surface area contributed by atoms with Crippen molar-refractivity contribution in [1.29, 1.82) is 0 Å². The molecule has 1 aliphatic carbocycles. The number of halogens is 2. The Morgan fingerprint density at radius 1 is 0.895 bits per heavy atom. The Labute approximate surface area is 214 Å². The summed E-state index contributed by atoms with van der Waals surface area (Å²) in [4.78, 5) is 41.3. The molecule has 1 fully saturated rings. The van der Waals surface area contributed by atoms with Crippen LogP contribution in [0.3, 0.4) is 0 Å². The van der Waals surface area contributed by atoms with E-state index in [0.29, 0.717) is 29.4 Å². The van der Waals surface area contributed by atoms with Gasteiger partial charge in [0.25, 0.3) is 5.91 Å². The van der Waals surface area contributed by atoms with Crippen LogP contribution in [-0.4, -0.2) is 27.8 Å². The Morgan fingerprint density at radius 3 is 2.18 bits per heavy atom. The van der Waals surface area contributed by atoms with E-state index in [9.17, 15) is 28.3 Å². The topological polar surface area (TPSA) is 144 Å². The number of benzene rings is 3. The number of nitrogens with zero attached hydrogens (tertiary/aromatic N) is 1. The molecule has 0 aliphatic heterocycles. The number of ether oxygens (including phenoxy) is 1. The van der Waals surface area contributed by atoms with Crippen molar-refractivity contribution in [3.63, 3.8) is 0 Å². The van der Waals surface area contributed by atoms with E-state index >= 15 is 0 Å². The normalized spacial score (nSPS) is 13.5. The number of amides is 3. The molecule has 0 unspecified atom stereocenters. The summed E-state index contributed by atoms with van der Waals surface area (Å²) in [5.41, 5.74) is 4.60. The van der Waals surface area contributed by atoms with Crippen LogP contribution in [0, 0.1) is 17.0 Å². The first-order valence-corrected chi connectivity index (χ1v) is 11.4. The number of phenols is 1. The number of nitrogens with one attached hydrogen (secondary N) is 2. The van der Waals surface area contributed by atoms with Gasteiger partial charge in [-0.1, -0.05) is 0 Å². The van der Waals surface area contributed by atoms with E-state index in [1.165, 1.54) is 60.8 Å². The minimum atomic E-state index is -1.31. The van der Waals surface area contributed by atoms with Crippen molar-refractivity contribution < 1.29 is 33.0 Å². The van der Waals surface area contributed by atoms with Gasteiger partial charge >= 0.3 is 0 Å². The number of rotatable bonds is 7. The number of carbonyl (C=O) groups is 3. The molecule has 3 aromatic carbocycles. The summed E-state index contributed by atoms with van der Waals surface area (Å²) in [6.45, 7) is 0. The lowest BCUT2D eigenvalue weighted by Gasteiger charge is -2.16. The maximum atomic E-state index is 14.9. The van der Waals surface area contributed by atoms with Crippen LogP contribution in [-0.2, 0) is 9.59 Å². The Morgan fingerprint density at radius 2 is 1.55 bits per heavy atom. The molecular formula is C27H20F2N4O5. The number of aromatic nitrogens is 1. The van der Waals surface area contributed by atoms with Crippen molar-refractivity contribution in [3.05, 3.63) is 84.1 Å². The Bertz CT molecular complexity index is 1600. The minimum Gasteiger partial charge on any atom is -0.507 e. The molecule has 0 atom stereocenters. The van der Waals surface area contributed by atoms with Crippen LogP contribution in [0.1, 0.15) is 23.2 Å². The molecule has 5 N–H and O–H groups in total. The molecule has 4 aromatic rings. The van der Waals surface area contributed by atoms with E-state index in [0.717, 1.165) is 6.07 Å². The number of hydrogen-bond acceptors (Lipinski definition) is 6. The van der Waals surface area contributed by atoms with Gasteiger partial charge < -0.3 is 26.2 Å². The zero-order chi connectivity index (χ0) is 27.0. The molecule has 3 amide bonds. The van der Waals surface area contributed by atoms with E-state index in [4.69, 9.17) is 10.5 Å². The van der Waals surface area contributed by atoms with Crippen LogP contribution in [0.25, 0.3) is 10.9 Å². The number of pyridine rings is 1. The first kappa shape index (κ1) is 24.6. The van der Waals surface area contributed by atoms with Gasteiger partial charge in [0.15, 0.2) is 11.6 Å². The van der Waals surface area contributed by atoms with Crippen LogP contribution >= 0.6 is 0 Å². The molecule has 1 saturated carbocycles. The van der Waals surface area contributed by atoms with Gasteiger partial charge in [0.05, 0.1) is 11.1 Å². The second-order valence-electron chi connectivity index (χ2n) is 8.80. The number of anilines is 2. The lowest BCUT2D eigenvalue weighted by atomic mass is 10.0. The summed E-state index contributed by atoms with van der Waals surface area (Å²) in [6.07, 6.45) is 2.01. The number of hydrogen-bond donors (Lipinski definition) is 4. The van der Waals surface area contributed by atoms with E-state index < -0.39 is 34.8 Å². The van der Waals surface area contributed by atoms with Gasteiger partial charge in [0, 0.05) is 35.1 Å². The molecule has 1 aliphatic rings. The third-order valence-electron chi connectivity index (χ3n) is 6.22. The molecule has 0 saturated heterocycles. The van der Waals surface area contributed by atoms with E-state index in [1.807, 2.05) is 0 Å². The minimum absolute atomic E-state index is 0.112. The van der Waals surface area contributed by atoms with Crippen LogP contribution < -0.4 is 21.1 Å². The van der Waals surface area contributed by atoms with Crippen molar-refractivity contribution >= 4 is 40.0 Å². The molecule has 1 aromatic heterocycles. The fraction of sp³-hybridized carbons (Fsp3) is 0.111. The van der Waals surface area contributed by atoms with Gasteiger partial charge in [-0.25, -0.2) is 8.78 Å². The summed E-state index contributed by atoms with van der Waals surface area (Å²) < 4.78 is 33.7. The lowest BCUT2D eigenvalue weighted by Crippen LogP contribution is -2.35. The van der Waals surface area contributed by atoms with E-state index in [2.05, 4.69) is 15.6 Å². The van der Waals surface area contributed by atoms with Crippen LogP contribution in [0.15, 0.2) is 66.9 Å². The Hall–Kier alpha value is -5.06. The summed E-state index contributed by atoms with van der Waals surface area (Å²) in [6, 6.07) is 12.9. The number of fused-ring (bicyclic) bond motifs is 1. The monoisotopic (exact) mass is 518 g/mol. The number of carbonyl (C=O) groups excluding carboxylic acids is 3. The fourth-order valence-electron chi connectivity index (χ4n) is 3.94. The largest absolute Gasteiger partial charge is 0.507 e. The molecular weight excluding hydrogens is 498 g/mol. The number of primary amides is 1. The standard InChI is InChI=1S/C27H20F2N4O5/c28-14-1-3-15(4-2-14)32-25(36)27(8-9-27)26(37)33-16-5-6-23(19(29)11-16)38-22-7-10-31-20-13-21(34)18(24(30)35)12-17(20)22/h1-7,10-13,34H,8-9H2,(H2,30,35)(H,32,36)(H,33,37). The lowest BCUT2D eigenvalue weighted by molar-refractivity contribution is -0.131. The predicted octanol–water partition coefficient (Wildman–Crippen LogP) is 4.47. The fourth-order valence-corrected chi connectivity index (χ4v) is 3.94. The average Bonchev–Trinajstić information content (AvgIpc) is 3.69. The van der Waals surface area contributed by atoms with Crippen LogP contribution in [0.5, 0.6) is 17.2 Å². The highest BCUT2D eigenvalue weighted by Gasteiger charge is 2.56. The van der Waals surface area contributed by atoms with Crippen molar-refractivity contribution in [1.82, 2.24) is 4.98 Å². The average molecular weight is 518 g/mol. The van der Waals surface area contributed by atoms with Crippen LogP contribution in [0.4, 0.5) is 20.2 Å². The van der Waals surface area contributed by atoms with Crippen molar-refractivity contribution in [2.75, 3.05) is 10.6 Å². The molecule has 9 nitrogen and oxygen atoms in total. The van der Waals surface area contributed by atoms with E-state index in [1.54, 1.807) is 0 Å². The zero-order valence-corrected chi connectivity index (χ0v) is 19.6. The smallest absolute Gasteiger partial charge is 0.252 e. The summed E-state index contributed by atoms with van der Waals surface area (Å²) >= 11 is 0.